The molecule has 1 aliphatic rings. The van der Waals surface area contributed by atoms with E-state index in [1.165, 1.54) is 13.8 Å². The maximum atomic E-state index is 11.8. The second-order valence-corrected chi connectivity index (χ2v) is 7.01. The van der Waals surface area contributed by atoms with Crippen molar-refractivity contribution in [2.24, 2.45) is 32.7 Å². The Morgan fingerprint density at radius 3 is 1.89 bits per heavy atom. The summed E-state index contributed by atoms with van der Waals surface area (Å²) in [5.74, 6) is -1.13. The summed E-state index contributed by atoms with van der Waals surface area (Å²) in [5.41, 5.74) is 0.873. The van der Waals surface area contributed by atoms with Crippen LogP contribution in [0.4, 0.5) is 0 Å². The Balaban J connectivity index is 3.45. The van der Waals surface area contributed by atoms with Gasteiger partial charge in [-0.1, -0.05) is 27.7 Å². The molecule has 4 N–H and O–H groups in total. The molecule has 110 valence electrons. The normalized spacial score (nSPS) is 41.4. The zero-order valence-corrected chi connectivity index (χ0v) is 12.6. The van der Waals surface area contributed by atoms with E-state index < -0.39 is 34.1 Å². The van der Waals surface area contributed by atoms with Crippen LogP contribution in [0.2, 0.25) is 0 Å². The Kier molecular flexibility index (Phi) is 3.58. The van der Waals surface area contributed by atoms with Gasteiger partial charge in [-0.25, -0.2) is 0 Å². The predicted octanol–water partition coefficient (Wildman–Crippen LogP) is 1.41. The number of rotatable bonds is 1. The van der Waals surface area contributed by atoms with Gasteiger partial charge < -0.3 is 15.9 Å². The number of aliphatic hydroxyl groups is 2. The van der Waals surface area contributed by atoms with Crippen LogP contribution in [0, 0.1) is 16.7 Å². The number of hydrogen-bond donors (Lipinski definition) is 3. The lowest BCUT2D eigenvalue weighted by atomic mass is 9.63. The van der Waals surface area contributed by atoms with E-state index in [1.807, 2.05) is 0 Å². The minimum absolute atomic E-state index is 0.317. The number of azo groups is 1. The van der Waals surface area contributed by atoms with Gasteiger partial charge in [0.2, 0.25) is 5.91 Å². The molecule has 19 heavy (non-hydrogen) atoms. The largest absolute Gasteiger partial charge is 0.369 e. The van der Waals surface area contributed by atoms with Gasteiger partial charge in [0.25, 0.3) is 0 Å². The van der Waals surface area contributed by atoms with Crippen LogP contribution in [0.15, 0.2) is 10.2 Å². The van der Waals surface area contributed by atoms with Gasteiger partial charge in [0, 0.05) is 16.7 Å². The third-order valence-corrected chi connectivity index (χ3v) is 4.87. The maximum Gasteiger partial charge on any atom is 0.221 e. The van der Waals surface area contributed by atoms with E-state index in [9.17, 15) is 15.0 Å². The number of nitrogens with zero attached hydrogens (tertiary/aromatic N) is 2. The lowest BCUT2D eigenvalue weighted by Crippen LogP contribution is -2.55. The molecule has 1 rings (SSSR count). The molecule has 0 aromatic carbocycles. The predicted molar refractivity (Wildman–Crippen MR) is 71.0 cm³/mol. The standard InChI is InChI=1S/C13H25N3O3/c1-10(2)7-8(9(14)17)11(3,4)13(6,19)16-15-12(10,5)18/h8,18-19H,7H2,1-6H3,(H2,14,17). The lowest BCUT2D eigenvalue weighted by molar-refractivity contribution is -0.157. The van der Waals surface area contributed by atoms with Crippen LogP contribution in [-0.2, 0) is 4.79 Å². The van der Waals surface area contributed by atoms with Crippen molar-refractivity contribution in [2.45, 2.75) is 59.4 Å². The Bertz CT molecular complexity index is 411. The fraction of sp³-hybridized carbons (Fsp3) is 0.923. The summed E-state index contributed by atoms with van der Waals surface area (Å²) < 4.78 is 0. The van der Waals surface area contributed by atoms with Gasteiger partial charge in [-0.2, -0.15) is 10.2 Å². The average molecular weight is 271 g/mol. The topological polar surface area (TPSA) is 108 Å². The molecule has 0 saturated heterocycles. The number of hydrogen-bond acceptors (Lipinski definition) is 5. The van der Waals surface area contributed by atoms with Crippen LogP contribution >= 0.6 is 0 Å². The molecule has 0 aromatic heterocycles. The summed E-state index contributed by atoms with van der Waals surface area (Å²) in [6.45, 7) is 10.1. The third-order valence-electron chi connectivity index (χ3n) is 4.87. The summed E-state index contributed by atoms with van der Waals surface area (Å²) in [6.07, 6.45) is 0.317. The first-order valence-corrected chi connectivity index (χ1v) is 6.43. The highest BCUT2D eigenvalue weighted by atomic mass is 16.3. The summed E-state index contributed by atoms with van der Waals surface area (Å²) >= 11 is 0. The Morgan fingerprint density at radius 1 is 1.05 bits per heavy atom. The fourth-order valence-corrected chi connectivity index (χ4v) is 2.20. The van der Waals surface area contributed by atoms with Gasteiger partial charge in [0.1, 0.15) is 0 Å². The quantitative estimate of drug-likeness (QED) is 0.671. The molecule has 0 aromatic rings. The molecule has 0 aliphatic carbocycles. The summed E-state index contributed by atoms with van der Waals surface area (Å²) in [7, 11) is 0. The summed E-state index contributed by atoms with van der Waals surface area (Å²) in [5, 5.41) is 28.6. The van der Waals surface area contributed by atoms with Crippen LogP contribution in [0.25, 0.3) is 0 Å². The minimum Gasteiger partial charge on any atom is -0.369 e. The highest BCUT2D eigenvalue weighted by Gasteiger charge is 2.54. The van der Waals surface area contributed by atoms with Crippen molar-refractivity contribution in [1.82, 2.24) is 0 Å². The van der Waals surface area contributed by atoms with Crippen molar-refractivity contribution in [2.75, 3.05) is 0 Å². The minimum atomic E-state index is -1.58. The average Bonchev–Trinajstić information content (AvgIpc) is 2.21. The van der Waals surface area contributed by atoms with E-state index in [0.29, 0.717) is 6.42 Å². The molecule has 1 heterocycles. The van der Waals surface area contributed by atoms with Crippen LogP contribution in [-0.4, -0.2) is 27.6 Å². The molecule has 0 bridgehead atoms. The SMILES string of the molecule is CC1(C)CC(C(N)=O)C(C)(C)C(C)(O)N=NC1(C)O. The number of primary amides is 1. The van der Waals surface area contributed by atoms with Crippen molar-refractivity contribution in [3.05, 3.63) is 0 Å². The molecular formula is C13H25N3O3. The number of carbonyl (C=O) groups excluding carboxylic acids is 1. The van der Waals surface area contributed by atoms with Gasteiger partial charge in [-0.15, -0.1) is 0 Å². The van der Waals surface area contributed by atoms with Crippen LogP contribution < -0.4 is 5.73 Å². The molecule has 0 fully saturated rings. The van der Waals surface area contributed by atoms with Crippen LogP contribution in [0.1, 0.15) is 48.0 Å². The highest BCUT2D eigenvalue weighted by molar-refractivity contribution is 5.77. The molecule has 0 radical (unpaired) electrons. The Hall–Kier alpha value is -1.01. The van der Waals surface area contributed by atoms with E-state index >= 15 is 0 Å². The second kappa shape index (κ2) is 4.24. The van der Waals surface area contributed by atoms with Gasteiger partial charge >= 0.3 is 0 Å². The zero-order chi connectivity index (χ0) is 15.3. The highest BCUT2D eigenvalue weighted by Crippen LogP contribution is 2.50. The van der Waals surface area contributed by atoms with E-state index in [0.717, 1.165) is 0 Å². The Labute approximate surface area is 114 Å². The number of nitrogens with two attached hydrogens (primary N) is 1. The van der Waals surface area contributed by atoms with E-state index in [-0.39, 0.29) is 0 Å². The third kappa shape index (κ3) is 2.51. The second-order valence-electron chi connectivity index (χ2n) is 7.01. The summed E-state index contributed by atoms with van der Waals surface area (Å²) in [4.78, 5) is 11.8. The first-order valence-electron chi connectivity index (χ1n) is 6.43. The first-order chi connectivity index (χ1) is 8.25. The van der Waals surface area contributed by atoms with Crippen LogP contribution in [0.3, 0.4) is 0 Å². The number of amides is 1. The molecule has 3 atom stereocenters. The van der Waals surface area contributed by atoms with Crippen molar-refractivity contribution in [1.29, 1.82) is 0 Å². The van der Waals surface area contributed by atoms with Gasteiger partial charge in [-0.05, 0) is 20.3 Å². The van der Waals surface area contributed by atoms with E-state index in [2.05, 4.69) is 10.2 Å². The smallest absolute Gasteiger partial charge is 0.221 e. The van der Waals surface area contributed by atoms with Crippen molar-refractivity contribution in [3.63, 3.8) is 0 Å². The zero-order valence-electron chi connectivity index (χ0n) is 12.6. The number of carbonyl (C=O) groups is 1. The molecule has 3 unspecified atom stereocenters. The van der Waals surface area contributed by atoms with Gasteiger partial charge in [-0.3, -0.25) is 4.79 Å². The fourth-order valence-electron chi connectivity index (χ4n) is 2.20. The summed E-state index contributed by atoms with van der Waals surface area (Å²) in [6, 6.07) is 0. The van der Waals surface area contributed by atoms with E-state index in [4.69, 9.17) is 5.73 Å². The molecular weight excluding hydrogens is 246 g/mol. The maximum absolute atomic E-state index is 11.8. The molecule has 6 heteroatoms. The molecule has 0 spiro atoms. The van der Waals surface area contributed by atoms with Crippen molar-refractivity contribution in [3.8, 4) is 0 Å². The van der Waals surface area contributed by atoms with Crippen molar-refractivity contribution >= 4 is 5.91 Å². The van der Waals surface area contributed by atoms with Crippen LogP contribution in [0.5, 0.6) is 0 Å². The molecule has 0 saturated carbocycles. The van der Waals surface area contributed by atoms with Gasteiger partial charge in [0.05, 0.1) is 0 Å². The first kappa shape index (κ1) is 16.0. The Morgan fingerprint density at radius 2 is 1.47 bits per heavy atom. The lowest BCUT2D eigenvalue weighted by Gasteiger charge is -2.48. The van der Waals surface area contributed by atoms with Gasteiger partial charge in [0.15, 0.2) is 11.4 Å². The van der Waals surface area contributed by atoms with E-state index in [1.54, 1.807) is 27.7 Å². The molecule has 1 aliphatic heterocycles. The monoisotopic (exact) mass is 271 g/mol. The molecule has 1 amide bonds. The van der Waals surface area contributed by atoms with Crippen molar-refractivity contribution < 1.29 is 15.0 Å². The molecule has 6 nitrogen and oxygen atoms in total.